The van der Waals surface area contributed by atoms with E-state index < -0.39 is 0 Å². The molecule has 128 valence electrons. The molecule has 0 saturated carbocycles. The second-order valence-corrected chi connectivity index (χ2v) is 5.93. The predicted molar refractivity (Wildman–Crippen MR) is 93.3 cm³/mol. The van der Waals surface area contributed by atoms with E-state index in [-0.39, 0.29) is 0 Å². The lowest BCUT2D eigenvalue weighted by Gasteiger charge is -2.20. The summed E-state index contributed by atoms with van der Waals surface area (Å²) < 4.78 is 6.89. The first-order valence-electron chi connectivity index (χ1n) is 8.37. The number of methoxy groups -OCH3 is 1. The average molecular weight is 328 g/mol. The lowest BCUT2D eigenvalue weighted by atomic mass is 10.2. The van der Waals surface area contributed by atoms with Gasteiger partial charge in [-0.25, -0.2) is 9.67 Å². The molecule has 2 heterocycles. The van der Waals surface area contributed by atoms with E-state index in [4.69, 9.17) is 10.5 Å². The summed E-state index contributed by atoms with van der Waals surface area (Å²) in [4.78, 5) is 6.65. The molecule has 0 bridgehead atoms. The molecule has 0 aliphatic carbocycles. The van der Waals surface area contributed by atoms with Gasteiger partial charge < -0.3 is 15.4 Å². The number of nitrogens with zero attached hydrogens (tertiary/aromatic N) is 5. The van der Waals surface area contributed by atoms with Crippen molar-refractivity contribution in [1.29, 1.82) is 0 Å². The monoisotopic (exact) mass is 328 g/mol. The molecular formula is C17H24N6O. The van der Waals surface area contributed by atoms with Gasteiger partial charge in [0.05, 0.1) is 25.5 Å². The topological polar surface area (TPSA) is 81.6 Å². The molecule has 3 rings (SSSR count). The van der Waals surface area contributed by atoms with Crippen LogP contribution in [0, 0.1) is 0 Å². The number of aliphatic imine (C=N–C) groups is 1. The number of hydrogen-bond acceptors (Lipinski definition) is 4. The second-order valence-electron chi connectivity index (χ2n) is 5.93. The lowest BCUT2D eigenvalue weighted by Crippen LogP contribution is -2.38. The van der Waals surface area contributed by atoms with Crippen LogP contribution in [0.5, 0.6) is 5.75 Å². The van der Waals surface area contributed by atoms with Gasteiger partial charge in [0.2, 0.25) is 0 Å². The third kappa shape index (κ3) is 4.04. The maximum absolute atomic E-state index is 6.12. The minimum Gasteiger partial charge on any atom is -0.497 e. The first-order chi connectivity index (χ1) is 11.8. The zero-order valence-electron chi connectivity index (χ0n) is 14.1. The summed E-state index contributed by atoms with van der Waals surface area (Å²) in [7, 11) is 1.65. The molecule has 0 unspecified atom stereocenters. The van der Waals surface area contributed by atoms with Crippen LogP contribution >= 0.6 is 0 Å². The van der Waals surface area contributed by atoms with Crippen LogP contribution in [-0.4, -0.2) is 46.1 Å². The molecule has 2 aromatic rings. The van der Waals surface area contributed by atoms with Crippen LogP contribution in [0.1, 0.15) is 31.4 Å². The van der Waals surface area contributed by atoms with E-state index in [9.17, 15) is 0 Å². The fourth-order valence-electron chi connectivity index (χ4n) is 2.79. The number of hydrogen-bond donors (Lipinski definition) is 1. The highest BCUT2D eigenvalue weighted by atomic mass is 16.5. The quantitative estimate of drug-likeness (QED) is 0.685. The molecule has 1 aromatic carbocycles. The smallest absolute Gasteiger partial charge is 0.191 e. The Morgan fingerprint density at radius 1 is 1.17 bits per heavy atom. The van der Waals surface area contributed by atoms with E-state index in [1.165, 1.54) is 25.7 Å². The minimum atomic E-state index is 0.443. The van der Waals surface area contributed by atoms with Crippen molar-refractivity contribution in [2.24, 2.45) is 10.7 Å². The molecule has 1 aliphatic rings. The van der Waals surface area contributed by atoms with Crippen LogP contribution in [0.4, 0.5) is 0 Å². The van der Waals surface area contributed by atoms with E-state index >= 15 is 0 Å². The molecule has 0 amide bonds. The van der Waals surface area contributed by atoms with Crippen molar-refractivity contribution >= 4 is 5.96 Å². The number of likely N-dealkylation sites (tertiary alicyclic amines) is 1. The molecule has 0 spiro atoms. The number of nitrogens with two attached hydrogens (primary N) is 1. The van der Waals surface area contributed by atoms with E-state index in [0.29, 0.717) is 12.5 Å². The van der Waals surface area contributed by atoms with Crippen LogP contribution in [0.2, 0.25) is 0 Å². The summed E-state index contributed by atoms with van der Waals surface area (Å²) in [6.07, 6.45) is 6.80. The largest absolute Gasteiger partial charge is 0.497 e. The van der Waals surface area contributed by atoms with Crippen LogP contribution in [0.3, 0.4) is 0 Å². The molecule has 0 atom stereocenters. The molecule has 2 N–H and O–H groups in total. The summed E-state index contributed by atoms with van der Waals surface area (Å²) in [6.45, 7) is 2.43. The average Bonchev–Trinajstić information content (AvgIpc) is 2.92. The third-order valence-corrected chi connectivity index (χ3v) is 4.21. The van der Waals surface area contributed by atoms with Crippen molar-refractivity contribution in [3.8, 4) is 11.4 Å². The van der Waals surface area contributed by atoms with Gasteiger partial charge >= 0.3 is 0 Å². The van der Waals surface area contributed by atoms with Gasteiger partial charge in [-0.1, -0.05) is 18.1 Å². The number of benzene rings is 1. The zero-order chi connectivity index (χ0) is 16.8. The Labute approximate surface area is 142 Å². The van der Waals surface area contributed by atoms with Crippen molar-refractivity contribution in [2.45, 2.75) is 32.2 Å². The highest BCUT2D eigenvalue weighted by Crippen LogP contribution is 2.14. The summed E-state index contributed by atoms with van der Waals surface area (Å²) >= 11 is 0. The standard InChI is InChI=1S/C17H24N6O/c1-24-16-8-6-15(7-9-16)23-13-14(20-21-23)12-19-17(18)22-10-4-2-3-5-11-22/h6-9,13H,2-5,10-12H2,1H3,(H2,18,19). The van der Waals surface area contributed by atoms with E-state index in [1.807, 2.05) is 30.5 Å². The lowest BCUT2D eigenvalue weighted by molar-refractivity contribution is 0.414. The van der Waals surface area contributed by atoms with Crippen molar-refractivity contribution in [1.82, 2.24) is 19.9 Å². The zero-order valence-corrected chi connectivity index (χ0v) is 14.1. The molecule has 1 aliphatic heterocycles. The SMILES string of the molecule is COc1ccc(-n2cc(CN=C(N)N3CCCCCC3)nn2)cc1. The van der Waals surface area contributed by atoms with Gasteiger partial charge in [0.1, 0.15) is 11.4 Å². The first-order valence-corrected chi connectivity index (χ1v) is 8.37. The highest BCUT2D eigenvalue weighted by molar-refractivity contribution is 5.78. The van der Waals surface area contributed by atoms with Crippen molar-refractivity contribution in [3.63, 3.8) is 0 Å². The third-order valence-electron chi connectivity index (χ3n) is 4.21. The highest BCUT2D eigenvalue weighted by Gasteiger charge is 2.11. The second kappa shape index (κ2) is 7.81. The van der Waals surface area contributed by atoms with Gasteiger partial charge in [0.15, 0.2) is 5.96 Å². The number of guanidine groups is 1. The fraction of sp³-hybridized carbons (Fsp3) is 0.471. The van der Waals surface area contributed by atoms with Crippen molar-refractivity contribution in [2.75, 3.05) is 20.2 Å². The van der Waals surface area contributed by atoms with Gasteiger partial charge in [-0.3, -0.25) is 0 Å². The molecule has 24 heavy (non-hydrogen) atoms. The maximum atomic E-state index is 6.12. The molecule has 7 nitrogen and oxygen atoms in total. The summed E-state index contributed by atoms with van der Waals surface area (Å²) in [6, 6.07) is 7.66. The Balaban J connectivity index is 1.63. The van der Waals surface area contributed by atoms with Gasteiger partial charge in [-0.05, 0) is 37.1 Å². The number of ether oxygens (including phenoxy) is 1. The first kappa shape index (κ1) is 16.3. The van der Waals surface area contributed by atoms with E-state index in [2.05, 4.69) is 20.2 Å². The van der Waals surface area contributed by atoms with E-state index in [1.54, 1.807) is 11.8 Å². The summed E-state index contributed by atoms with van der Waals surface area (Å²) in [5.74, 6) is 1.42. The molecule has 1 aromatic heterocycles. The Morgan fingerprint density at radius 2 is 1.88 bits per heavy atom. The Bertz CT molecular complexity index is 671. The van der Waals surface area contributed by atoms with Gasteiger partial charge in [0.25, 0.3) is 0 Å². The van der Waals surface area contributed by atoms with Gasteiger partial charge in [0, 0.05) is 13.1 Å². The van der Waals surface area contributed by atoms with Gasteiger partial charge in [-0.2, -0.15) is 0 Å². The Morgan fingerprint density at radius 3 is 2.54 bits per heavy atom. The van der Waals surface area contributed by atoms with Crippen LogP contribution in [-0.2, 0) is 6.54 Å². The summed E-state index contributed by atoms with van der Waals surface area (Å²) in [5, 5.41) is 8.32. The molecule has 0 radical (unpaired) electrons. The summed E-state index contributed by atoms with van der Waals surface area (Å²) in [5.41, 5.74) is 7.85. The molecule has 1 fully saturated rings. The minimum absolute atomic E-state index is 0.443. The Kier molecular flexibility index (Phi) is 5.30. The van der Waals surface area contributed by atoms with Gasteiger partial charge in [-0.15, -0.1) is 5.10 Å². The van der Waals surface area contributed by atoms with Crippen LogP contribution in [0.25, 0.3) is 5.69 Å². The molecule has 7 heteroatoms. The molecular weight excluding hydrogens is 304 g/mol. The maximum Gasteiger partial charge on any atom is 0.191 e. The predicted octanol–water partition coefficient (Wildman–Crippen LogP) is 1.97. The van der Waals surface area contributed by atoms with Crippen LogP contribution in [0.15, 0.2) is 35.5 Å². The van der Waals surface area contributed by atoms with Crippen molar-refractivity contribution in [3.05, 3.63) is 36.2 Å². The van der Waals surface area contributed by atoms with Crippen molar-refractivity contribution < 1.29 is 4.74 Å². The van der Waals surface area contributed by atoms with E-state index in [0.717, 1.165) is 30.2 Å². The Hall–Kier alpha value is -2.57. The molecule has 1 saturated heterocycles. The van der Waals surface area contributed by atoms with Crippen LogP contribution < -0.4 is 10.5 Å². The fourth-order valence-corrected chi connectivity index (χ4v) is 2.79. The normalized spacial score (nSPS) is 16.0. The number of rotatable bonds is 4. The number of aromatic nitrogens is 3.